The molecule has 0 aliphatic heterocycles. The molecule has 0 fully saturated rings. The minimum Gasteiger partial charge on any atom is -0.507 e. The Labute approximate surface area is 126 Å². The highest BCUT2D eigenvalue weighted by Crippen LogP contribution is 2.47. The summed E-state index contributed by atoms with van der Waals surface area (Å²) in [7, 11) is 5.58. The van der Waals surface area contributed by atoms with Gasteiger partial charge >= 0.3 is 0 Å². The third-order valence-corrected chi connectivity index (χ3v) is 2.94. The fourth-order valence-electron chi connectivity index (χ4n) is 1.95. The van der Waals surface area contributed by atoms with Gasteiger partial charge in [-0.25, -0.2) is 0 Å². The third kappa shape index (κ3) is 2.62. The van der Waals surface area contributed by atoms with E-state index in [0.29, 0.717) is 0 Å². The molecule has 2 rings (SSSR count). The van der Waals surface area contributed by atoms with Gasteiger partial charge in [-0.3, -0.25) is 0 Å². The molecule has 0 radical (unpaired) electrons. The van der Waals surface area contributed by atoms with Crippen LogP contribution in [-0.2, 0) is 0 Å². The number of methoxy groups -OCH3 is 4. The molecule has 2 aromatic heterocycles. The summed E-state index contributed by atoms with van der Waals surface area (Å²) in [6.45, 7) is 0. The van der Waals surface area contributed by atoms with Gasteiger partial charge in [0.2, 0.25) is 23.5 Å². The lowest BCUT2D eigenvalue weighted by atomic mass is 10.1. The summed E-state index contributed by atoms with van der Waals surface area (Å²) in [6, 6.07) is 2.59. The number of ether oxygens (including phenoxy) is 4. The molecule has 22 heavy (non-hydrogen) atoms. The SMILES string of the molecule is COc1cc(O)c(-c2c(O)cc(OC)nc2OC)c(OC)n1. The summed E-state index contributed by atoms with van der Waals surface area (Å²) in [5, 5.41) is 20.5. The standard InChI is InChI=1S/C14H16N2O6/c1-19-9-5-7(17)11(13(15-9)21-3)12-8(18)6-10(20-2)16-14(12)22-4/h5-6H,1-4H3,(H,15,17)(H,16,18). The second kappa shape index (κ2) is 6.25. The van der Waals surface area contributed by atoms with Crippen LogP contribution in [0, 0.1) is 0 Å². The molecule has 0 aliphatic carbocycles. The minimum absolute atomic E-state index is 0.0532. The molecule has 0 aliphatic rings. The Morgan fingerprint density at radius 3 is 1.32 bits per heavy atom. The smallest absolute Gasteiger partial charge is 0.228 e. The molecule has 0 saturated carbocycles. The van der Waals surface area contributed by atoms with Gasteiger partial charge in [0, 0.05) is 12.1 Å². The number of rotatable bonds is 5. The highest BCUT2D eigenvalue weighted by Gasteiger charge is 2.24. The van der Waals surface area contributed by atoms with Gasteiger partial charge in [0.15, 0.2) is 0 Å². The molecule has 8 heteroatoms. The van der Waals surface area contributed by atoms with E-state index in [1.807, 2.05) is 0 Å². The summed E-state index contributed by atoms with van der Waals surface area (Å²) in [5.41, 5.74) is 0.264. The van der Waals surface area contributed by atoms with Crippen molar-refractivity contribution in [3.63, 3.8) is 0 Å². The maximum Gasteiger partial charge on any atom is 0.228 e. The first-order valence-corrected chi connectivity index (χ1v) is 6.20. The van der Waals surface area contributed by atoms with Crippen LogP contribution < -0.4 is 18.9 Å². The van der Waals surface area contributed by atoms with E-state index in [9.17, 15) is 10.2 Å². The van der Waals surface area contributed by atoms with E-state index >= 15 is 0 Å². The Morgan fingerprint density at radius 1 is 0.682 bits per heavy atom. The van der Waals surface area contributed by atoms with E-state index in [1.54, 1.807) is 0 Å². The van der Waals surface area contributed by atoms with Crippen molar-refractivity contribution in [3.05, 3.63) is 12.1 Å². The van der Waals surface area contributed by atoms with Crippen LogP contribution in [0.2, 0.25) is 0 Å². The topological polar surface area (TPSA) is 103 Å². The molecule has 0 amide bonds. The highest BCUT2D eigenvalue weighted by molar-refractivity contribution is 5.83. The van der Waals surface area contributed by atoms with Crippen molar-refractivity contribution < 1.29 is 29.2 Å². The highest BCUT2D eigenvalue weighted by atomic mass is 16.5. The zero-order valence-corrected chi connectivity index (χ0v) is 12.6. The van der Waals surface area contributed by atoms with E-state index in [-0.39, 0.29) is 46.1 Å². The van der Waals surface area contributed by atoms with Gasteiger partial charge in [-0.05, 0) is 0 Å². The first-order valence-electron chi connectivity index (χ1n) is 6.20. The number of hydrogen-bond acceptors (Lipinski definition) is 8. The molecule has 8 nitrogen and oxygen atoms in total. The van der Waals surface area contributed by atoms with Crippen LogP contribution in [0.4, 0.5) is 0 Å². The Hall–Kier alpha value is -2.90. The van der Waals surface area contributed by atoms with Crippen LogP contribution >= 0.6 is 0 Å². The molecule has 0 bridgehead atoms. The second-order valence-corrected chi connectivity index (χ2v) is 4.14. The van der Waals surface area contributed by atoms with Gasteiger partial charge in [-0.1, -0.05) is 0 Å². The second-order valence-electron chi connectivity index (χ2n) is 4.14. The van der Waals surface area contributed by atoms with Crippen LogP contribution in [0.5, 0.6) is 35.0 Å². The quantitative estimate of drug-likeness (QED) is 0.858. The summed E-state index contributed by atoms with van der Waals surface area (Å²) < 4.78 is 20.3. The maximum atomic E-state index is 10.2. The van der Waals surface area contributed by atoms with Gasteiger partial charge in [0.1, 0.15) is 11.5 Å². The number of nitrogens with zero attached hydrogens (tertiary/aromatic N) is 2. The lowest BCUT2D eigenvalue weighted by molar-refractivity contribution is 0.351. The van der Waals surface area contributed by atoms with E-state index in [1.165, 1.54) is 40.6 Å². The van der Waals surface area contributed by atoms with E-state index in [4.69, 9.17) is 18.9 Å². The zero-order valence-electron chi connectivity index (χ0n) is 12.6. The zero-order chi connectivity index (χ0) is 16.3. The van der Waals surface area contributed by atoms with E-state index < -0.39 is 0 Å². The minimum atomic E-state index is -0.204. The summed E-state index contributed by atoms with van der Waals surface area (Å²) in [6.07, 6.45) is 0. The van der Waals surface area contributed by atoms with E-state index in [0.717, 1.165) is 0 Å². The van der Waals surface area contributed by atoms with Crippen LogP contribution in [0.3, 0.4) is 0 Å². The fourth-order valence-corrected chi connectivity index (χ4v) is 1.95. The summed E-state index contributed by atoms with van der Waals surface area (Å²) >= 11 is 0. The Bertz CT molecular complexity index is 630. The van der Waals surface area contributed by atoms with Crippen molar-refractivity contribution in [1.82, 2.24) is 9.97 Å². The van der Waals surface area contributed by atoms with Crippen LogP contribution in [0.15, 0.2) is 12.1 Å². The van der Waals surface area contributed by atoms with E-state index in [2.05, 4.69) is 9.97 Å². The molecule has 2 heterocycles. The van der Waals surface area contributed by atoms with Crippen molar-refractivity contribution in [3.8, 4) is 46.1 Å². The van der Waals surface area contributed by atoms with Gasteiger partial charge in [0.25, 0.3) is 0 Å². The lowest BCUT2D eigenvalue weighted by Gasteiger charge is -2.15. The normalized spacial score (nSPS) is 10.2. The van der Waals surface area contributed by atoms with Crippen molar-refractivity contribution >= 4 is 0 Å². The summed E-state index contributed by atoms with van der Waals surface area (Å²) in [5.74, 6) is 0.0272. The lowest BCUT2D eigenvalue weighted by Crippen LogP contribution is -2.00. The number of aromatic nitrogens is 2. The van der Waals surface area contributed by atoms with Crippen LogP contribution in [-0.4, -0.2) is 48.6 Å². The Kier molecular flexibility index (Phi) is 4.40. The van der Waals surface area contributed by atoms with Gasteiger partial charge in [-0.2, -0.15) is 9.97 Å². The van der Waals surface area contributed by atoms with Gasteiger partial charge in [0.05, 0.1) is 39.6 Å². The van der Waals surface area contributed by atoms with Crippen molar-refractivity contribution in [2.24, 2.45) is 0 Å². The number of hydrogen-bond donors (Lipinski definition) is 2. The molecular weight excluding hydrogens is 292 g/mol. The molecule has 0 atom stereocenters. The van der Waals surface area contributed by atoms with Crippen molar-refractivity contribution in [1.29, 1.82) is 0 Å². The molecule has 0 aromatic carbocycles. The predicted molar refractivity (Wildman–Crippen MR) is 77.0 cm³/mol. The molecule has 2 N–H and O–H groups in total. The first-order chi connectivity index (χ1) is 10.5. The summed E-state index contributed by atoms with van der Waals surface area (Å²) in [4.78, 5) is 8.15. The molecule has 0 saturated heterocycles. The molecule has 0 spiro atoms. The van der Waals surface area contributed by atoms with Crippen molar-refractivity contribution in [2.75, 3.05) is 28.4 Å². The largest absolute Gasteiger partial charge is 0.507 e. The number of aromatic hydroxyl groups is 2. The average Bonchev–Trinajstić information content (AvgIpc) is 2.53. The van der Waals surface area contributed by atoms with Crippen molar-refractivity contribution in [2.45, 2.75) is 0 Å². The Balaban J connectivity index is 2.76. The molecule has 118 valence electrons. The molecule has 2 aromatic rings. The predicted octanol–water partition coefficient (Wildman–Crippen LogP) is 1.59. The maximum absolute atomic E-state index is 10.2. The van der Waals surface area contributed by atoms with Gasteiger partial charge in [-0.15, -0.1) is 0 Å². The van der Waals surface area contributed by atoms with Crippen LogP contribution in [0.25, 0.3) is 11.1 Å². The number of pyridine rings is 2. The molecular formula is C14H16N2O6. The molecule has 0 unspecified atom stereocenters. The Morgan fingerprint density at radius 2 is 1.05 bits per heavy atom. The third-order valence-electron chi connectivity index (χ3n) is 2.94. The monoisotopic (exact) mass is 308 g/mol. The van der Waals surface area contributed by atoms with Crippen LogP contribution in [0.1, 0.15) is 0 Å². The average molecular weight is 308 g/mol. The first kappa shape index (κ1) is 15.5. The fraction of sp³-hybridized carbons (Fsp3) is 0.286. The van der Waals surface area contributed by atoms with Gasteiger partial charge < -0.3 is 29.2 Å².